The van der Waals surface area contributed by atoms with Gasteiger partial charge in [0.15, 0.2) is 0 Å². The topological polar surface area (TPSA) is 69.0 Å². The first-order valence-electron chi connectivity index (χ1n) is 9.82. The summed E-state index contributed by atoms with van der Waals surface area (Å²) in [6.07, 6.45) is 1.54. The van der Waals surface area contributed by atoms with Crippen LogP contribution in [-0.2, 0) is 15.3 Å². The minimum Gasteiger partial charge on any atom is -0.458 e. The molecule has 164 valence electrons. The largest absolute Gasteiger partial charge is 0.458 e. The van der Waals surface area contributed by atoms with Crippen LogP contribution in [0.25, 0.3) is 0 Å². The van der Waals surface area contributed by atoms with Gasteiger partial charge in [0, 0.05) is 20.9 Å². The molecule has 2 aromatic carbocycles. The van der Waals surface area contributed by atoms with Crippen molar-refractivity contribution in [3.8, 4) is 0 Å². The molecule has 2 heterocycles. The number of ether oxygens (including phenoxy) is 1. The molecule has 9 heteroatoms. The van der Waals surface area contributed by atoms with Gasteiger partial charge in [0.2, 0.25) is 11.1 Å². The van der Waals surface area contributed by atoms with Crippen LogP contribution >= 0.6 is 39.3 Å². The lowest BCUT2D eigenvalue weighted by atomic mass is 9.96. The first-order chi connectivity index (χ1) is 15.5. The molecule has 0 aliphatic carbocycles. The molecule has 6 nitrogen and oxygen atoms in total. The highest BCUT2D eigenvalue weighted by molar-refractivity contribution is 9.10. The molecule has 1 aliphatic heterocycles. The molecular weight excluding hydrogens is 512 g/mol. The van der Waals surface area contributed by atoms with E-state index in [-0.39, 0.29) is 6.61 Å². The van der Waals surface area contributed by atoms with Gasteiger partial charge in [0.1, 0.15) is 12.6 Å². The summed E-state index contributed by atoms with van der Waals surface area (Å²) in [5.41, 5.74) is 3.04. The van der Waals surface area contributed by atoms with Gasteiger partial charge in [-0.25, -0.2) is 9.48 Å². The Bertz CT molecular complexity index is 1210. The summed E-state index contributed by atoms with van der Waals surface area (Å²) in [6.45, 7) is 5.59. The number of hydrogen-bond acceptors (Lipinski definition) is 6. The lowest BCUT2D eigenvalue weighted by Crippen LogP contribution is -2.29. The summed E-state index contributed by atoms with van der Waals surface area (Å²) < 4.78 is 8.01. The molecule has 1 unspecified atom stereocenters. The van der Waals surface area contributed by atoms with Crippen molar-refractivity contribution in [2.75, 3.05) is 11.9 Å². The van der Waals surface area contributed by atoms with E-state index in [1.165, 1.54) is 11.8 Å². The van der Waals surface area contributed by atoms with Gasteiger partial charge in [-0.2, -0.15) is 4.98 Å². The van der Waals surface area contributed by atoms with Gasteiger partial charge in [-0.05, 0) is 36.2 Å². The zero-order valence-electron chi connectivity index (χ0n) is 17.2. The van der Waals surface area contributed by atoms with Crippen LogP contribution in [0.4, 0.5) is 5.95 Å². The van der Waals surface area contributed by atoms with Gasteiger partial charge in [0.25, 0.3) is 0 Å². The zero-order chi connectivity index (χ0) is 22.7. The fourth-order valence-electron chi connectivity index (χ4n) is 3.41. The second kappa shape index (κ2) is 9.94. The Morgan fingerprint density at radius 1 is 1.34 bits per heavy atom. The lowest BCUT2D eigenvalue weighted by molar-refractivity contribution is -0.138. The predicted octanol–water partition coefficient (Wildman–Crippen LogP) is 6.00. The van der Waals surface area contributed by atoms with E-state index >= 15 is 0 Å². The molecule has 0 saturated carbocycles. The SMILES string of the molecule is C=CCOC(=O)C1=C(C)Nc2nc(SCc3ccccc3Cl)nn2C1c1cccc(Br)c1. The Morgan fingerprint density at radius 2 is 2.16 bits per heavy atom. The van der Waals surface area contributed by atoms with Crippen molar-refractivity contribution in [1.29, 1.82) is 0 Å². The highest BCUT2D eigenvalue weighted by Gasteiger charge is 2.35. The summed E-state index contributed by atoms with van der Waals surface area (Å²) in [6, 6.07) is 15.0. The number of anilines is 1. The van der Waals surface area contributed by atoms with Crippen molar-refractivity contribution < 1.29 is 9.53 Å². The van der Waals surface area contributed by atoms with E-state index in [4.69, 9.17) is 21.4 Å². The minimum absolute atomic E-state index is 0.129. The molecule has 1 aromatic heterocycles. The van der Waals surface area contributed by atoms with E-state index in [1.54, 1.807) is 10.8 Å². The lowest BCUT2D eigenvalue weighted by Gasteiger charge is -2.28. The summed E-state index contributed by atoms with van der Waals surface area (Å²) in [5, 5.41) is 9.21. The third-order valence-corrected chi connectivity index (χ3v) is 6.61. The van der Waals surface area contributed by atoms with Crippen LogP contribution in [0.1, 0.15) is 24.1 Å². The Balaban J connectivity index is 1.70. The number of halogens is 2. The molecule has 0 saturated heterocycles. The number of nitrogens with zero attached hydrogens (tertiary/aromatic N) is 3. The number of aromatic nitrogens is 3. The van der Waals surface area contributed by atoms with E-state index in [0.29, 0.717) is 33.2 Å². The standard InChI is InChI=1S/C23H20BrClN4O2S/c1-3-11-31-21(30)19-14(2)26-22-27-23(32-13-16-7-4-5-10-18(16)25)28-29(22)20(19)15-8-6-9-17(24)12-15/h3-10,12,20H,1,11,13H2,2H3,(H,26,27,28). The van der Waals surface area contributed by atoms with E-state index in [0.717, 1.165) is 15.6 Å². The Hall–Kier alpha value is -2.55. The highest BCUT2D eigenvalue weighted by atomic mass is 79.9. The summed E-state index contributed by atoms with van der Waals surface area (Å²) in [5.74, 6) is 0.770. The number of nitrogens with one attached hydrogen (secondary N) is 1. The number of carbonyl (C=O) groups is 1. The van der Waals surface area contributed by atoms with Gasteiger partial charge >= 0.3 is 5.97 Å². The molecule has 0 amide bonds. The maximum absolute atomic E-state index is 12.9. The van der Waals surface area contributed by atoms with Crippen LogP contribution < -0.4 is 5.32 Å². The van der Waals surface area contributed by atoms with Crippen LogP contribution in [0.3, 0.4) is 0 Å². The van der Waals surface area contributed by atoms with E-state index in [1.807, 2.05) is 55.5 Å². The third-order valence-electron chi connectivity index (χ3n) is 4.86. The first-order valence-corrected chi connectivity index (χ1v) is 12.0. The molecular formula is C23H20BrClN4O2S. The molecule has 1 N–H and O–H groups in total. The fourth-order valence-corrected chi connectivity index (χ4v) is 4.94. The van der Waals surface area contributed by atoms with Crippen LogP contribution in [0.2, 0.25) is 5.02 Å². The predicted molar refractivity (Wildman–Crippen MR) is 131 cm³/mol. The van der Waals surface area contributed by atoms with Gasteiger partial charge in [0.05, 0.1) is 5.57 Å². The molecule has 32 heavy (non-hydrogen) atoms. The van der Waals surface area contributed by atoms with Crippen molar-refractivity contribution in [3.63, 3.8) is 0 Å². The number of thioether (sulfide) groups is 1. The molecule has 0 bridgehead atoms. The summed E-state index contributed by atoms with van der Waals surface area (Å²) in [4.78, 5) is 17.6. The summed E-state index contributed by atoms with van der Waals surface area (Å²) in [7, 11) is 0. The number of rotatable bonds is 7. The Kier molecular flexibility index (Phi) is 7.03. The molecule has 1 atom stereocenters. The van der Waals surface area contributed by atoms with E-state index in [2.05, 4.69) is 32.8 Å². The van der Waals surface area contributed by atoms with Crippen molar-refractivity contribution in [3.05, 3.63) is 93.1 Å². The molecule has 4 rings (SSSR count). The van der Waals surface area contributed by atoms with Gasteiger partial charge in [-0.1, -0.05) is 82.3 Å². The first kappa shape index (κ1) is 22.6. The normalized spacial score (nSPS) is 15.2. The Morgan fingerprint density at radius 3 is 2.91 bits per heavy atom. The number of carbonyl (C=O) groups excluding carboxylic acids is 1. The monoisotopic (exact) mass is 530 g/mol. The van der Waals surface area contributed by atoms with Gasteiger partial charge in [-0.3, -0.25) is 0 Å². The average molecular weight is 532 g/mol. The molecule has 0 spiro atoms. The number of hydrogen-bond donors (Lipinski definition) is 1. The van der Waals surface area contributed by atoms with Crippen molar-refractivity contribution in [1.82, 2.24) is 14.8 Å². The van der Waals surface area contributed by atoms with Crippen molar-refractivity contribution in [2.24, 2.45) is 0 Å². The molecule has 3 aromatic rings. The van der Waals surface area contributed by atoms with Crippen LogP contribution in [0, 0.1) is 0 Å². The second-order valence-corrected chi connectivity index (χ2v) is 9.32. The third kappa shape index (κ3) is 4.77. The van der Waals surface area contributed by atoms with Crippen LogP contribution in [-0.4, -0.2) is 27.3 Å². The number of esters is 1. The Labute approximate surface area is 203 Å². The van der Waals surface area contributed by atoms with Crippen LogP contribution in [0.15, 0.2) is 82.1 Å². The van der Waals surface area contributed by atoms with E-state index in [9.17, 15) is 4.79 Å². The van der Waals surface area contributed by atoms with Crippen molar-refractivity contribution in [2.45, 2.75) is 23.9 Å². The van der Waals surface area contributed by atoms with Crippen LogP contribution in [0.5, 0.6) is 0 Å². The van der Waals surface area contributed by atoms with Crippen molar-refractivity contribution >= 4 is 51.2 Å². The number of fused-ring (bicyclic) bond motifs is 1. The molecule has 0 fully saturated rings. The molecule has 1 aliphatic rings. The number of benzene rings is 2. The van der Waals surface area contributed by atoms with Gasteiger partial charge < -0.3 is 10.1 Å². The number of allylic oxidation sites excluding steroid dienone is 1. The average Bonchev–Trinajstić information content (AvgIpc) is 3.18. The summed E-state index contributed by atoms with van der Waals surface area (Å²) >= 11 is 11.3. The highest BCUT2D eigenvalue weighted by Crippen LogP contribution is 2.38. The smallest absolute Gasteiger partial charge is 0.338 e. The maximum atomic E-state index is 12.9. The molecule has 0 radical (unpaired) electrons. The second-order valence-electron chi connectivity index (χ2n) is 7.05. The zero-order valence-corrected chi connectivity index (χ0v) is 20.4. The quantitative estimate of drug-likeness (QED) is 0.229. The van der Waals surface area contributed by atoms with Gasteiger partial charge in [-0.15, -0.1) is 5.10 Å². The fraction of sp³-hybridized carbons (Fsp3) is 0.174. The van der Waals surface area contributed by atoms with E-state index < -0.39 is 12.0 Å². The minimum atomic E-state index is -0.483. The maximum Gasteiger partial charge on any atom is 0.338 e.